The number of hydrogen-bond donors (Lipinski definition) is 0. The first-order valence-electron chi connectivity index (χ1n) is 9.08. The maximum Gasteiger partial charge on any atom is 0.343 e. The van der Waals surface area contributed by atoms with Crippen LogP contribution >= 0.6 is 0 Å². The Hall–Kier alpha value is -3.08. The van der Waals surface area contributed by atoms with Crippen molar-refractivity contribution in [1.29, 1.82) is 0 Å². The summed E-state index contributed by atoms with van der Waals surface area (Å²) in [6.07, 6.45) is 1.74. The van der Waals surface area contributed by atoms with Crippen LogP contribution < -0.4 is 9.47 Å². The Balaban J connectivity index is 1.84. The summed E-state index contributed by atoms with van der Waals surface area (Å²) < 4.78 is 15.9. The molecule has 1 heterocycles. The van der Waals surface area contributed by atoms with Gasteiger partial charge in [0.15, 0.2) is 12.4 Å². The summed E-state index contributed by atoms with van der Waals surface area (Å²) in [5, 5.41) is 0. The number of ketones is 1. The van der Waals surface area contributed by atoms with Gasteiger partial charge in [0.1, 0.15) is 11.5 Å². The molecule has 3 rings (SSSR count). The molecule has 0 saturated carbocycles. The zero-order valence-corrected chi connectivity index (χ0v) is 16.8. The van der Waals surface area contributed by atoms with Crippen molar-refractivity contribution in [3.05, 3.63) is 64.4 Å². The van der Waals surface area contributed by atoms with Gasteiger partial charge in [-0.05, 0) is 41.7 Å². The standard InChI is InChI=1S/C23H24O5/c1-14-18(27-13-20(24)26-5)11-10-17-21(25)19(28-22(14)17)12-15-6-8-16(9-7-15)23(2,3)4/h6-12H,13H2,1-5H3/b19-12-. The zero-order valence-electron chi connectivity index (χ0n) is 16.8. The van der Waals surface area contributed by atoms with Crippen molar-refractivity contribution >= 4 is 17.8 Å². The normalized spacial score (nSPS) is 14.6. The van der Waals surface area contributed by atoms with E-state index in [1.807, 2.05) is 12.1 Å². The lowest BCUT2D eigenvalue weighted by Crippen LogP contribution is -2.13. The van der Waals surface area contributed by atoms with Gasteiger partial charge in [0.05, 0.1) is 12.7 Å². The predicted octanol–water partition coefficient (Wildman–Crippen LogP) is 4.46. The quantitative estimate of drug-likeness (QED) is 0.579. The van der Waals surface area contributed by atoms with Crippen molar-refractivity contribution in [3.63, 3.8) is 0 Å². The van der Waals surface area contributed by atoms with Crippen LogP contribution in [-0.2, 0) is 14.9 Å². The van der Waals surface area contributed by atoms with E-state index in [0.29, 0.717) is 22.6 Å². The van der Waals surface area contributed by atoms with Gasteiger partial charge < -0.3 is 14.2 Å². The van der Waals surface area contributed by atoms with Crippen LogP contribution in [0.2, 0.25) is 0 Å². The largest absolute Gasteiger partial charge is 0.481 e. The minimum absolute atomic E-state index is 0.0687. The average molecular weight is 380 g/mol. The molecule has 0 atom stereocenters. The second kappa shape index (κ2) is 7.50. The number of allylic oxidation sites excluding steroid dienone is 1. The van der Waals surface area contributed by atoms with Gasteiger partial charge in [0, 0.05) is 5.56 Å². The lowest BCUT2D eigenvalue weighted by Gasteiger charge is -2.18. The molecule has 1 aliphatic rings. The highest BCUT2D eigenvalue weighted by molar-refractivity contribution is 6.15. The second-order valence-electron chi connectivity index (χ2n) is 7.74. The molecule has 5 nitrogen and oxygen atoms in total. The van der Waals surface area contributed by atoms with Crippen LogP contribution in [0.25, 0.3) is 6.08 Å². The highest BCUT2D eigenvalue weighted by Gasteiger charge is 2.30. The van der Waals surface area contributed by atoms with E-state index in [-0.39, 0.29) is 23.6 Å². The third-order valence-electron chi connectivity index (χ3n) is 4.68. The van der Waals surface area contributed by atoms with E-state index in [1.54, 1.807) is 25.1 Å². The molecule has 146 valence electrons. The number of methoxy groups -OCH3 is 1. The SMILES string of the molecule is COC(=O)COc1ccc2c(c1C)O/C(=C\c1ccc(C(C)(C)C)cc1)C2=O. The number of ether oxygens (including phenoxy) is 3. The third-order valence-corrected chi connectivity index (χ3v) is 4.68. The molecule has 0 bridgehead atoms. The van der Waals surface area contributed by atoms with Gasteiger partial charge in [-0.2, -0.15) is 0 Å². The van der Waals surface area contributed by atoms with E-state index in [1.165, 1.54) is 12.7 Å². The van der Waals surface area contributed by atoms with Gasteiger partial charge in [-0.25, -0.2) is 4.79 Å². The molecule has 0 amide bonds. The van der Waals surface area contributed by atoms with E-state index >= 15 is 0 Å². The molecular weight excluding hydrogens is 356 g/mol. The molecule has 0 spiro atoms. The molecular formula is C23H24O5. The van der Waals surface area contributed by atoms with Crippen molar-refractivity contribution in [1.82, 2.24) is 0 Å². The summed E-state index contributed by atoms with van der Waals surface area (Å²) in [5.74, 6) is 0.568. The van der Waals surface area contributed by atoms with Gasteiger partial charge in [-0.3, -0.25) is 4.79 Å². The first-order valence-corrected chi connectivity index (χ1v) is 9.08. The maximum absolute atomic E-state index is 12.7. The highest BCUT2D eigenvalue weighted by atomic mass is 16.6. The van der Waals surface area contributed by atoms with Crippen LogP contribution in [0.15, 0.2) is 42.2 Å². The molecule has 0 fully saturated rings. The Morgan fingerprint density at radius 2 is 1.79 bits per heavy atom. The minimum atomic E-state index is -0.476. The Labute approximate surface area is 164 Å². The topological polar surface area (TPSA) is 61.8 Å². The van der Waals surface area contributed by atoms with Crippen LogP contribution in [0.5, 0.6) is 11.5 Å². The Kier molecular flexibility index (Phi) is 5.27. The number of carbonyl (C=O) groups excluding carboxylic acids is 2. The number of hydrogen-bond acceptors (Lipinski definition) is 5. The van der Waals surface area contributed by atoms with E-state index in [2.05, 4.69) is 37.6 Å². The smallest absolute Gasteiger partial charge is 0.343 e. The van der Waals surface area contributed by atoms with Gasteiger partial charge in [0.25, 0.3) is 0 Å². The van der Waals surface area contributed by atoms with Crippen LogP contribution in [0.1, 0.15) is 47.8 Å². The molecule has 0 saturated heterocycles. The lowest BCUT2D eigenvalue weighted by atomic mass is 9.86. The van der Waals surface area contributed by atoms with E-state index in [0.717, 1.165) is 5.56 Å². The van der Waals surface area contributed by atoms with Crippen molar-refractivity contribution in [2.75, 3.05) is 13.7 Å². The van der Waals surface area contributed by atoms with Gasteiger partial charge in [-0.1, -0.05) is 45.0 Å². The number of Topliss-reactive ketones (excluding diaryl/α,β-unsaturated/α-hetero) is 1. The molecule has 0 unspecified atom stereocenters. The molecule has 2 aromatic carbocycles. The van der Waals surface area contributed by atoms with Crippen molar-refractivity contribution in [3.8, 4) is 11.5 Å². The summed E-state index contributed by atoms with van der Waals surface area (Å²) in [4.78, 5) is 24.0. The van der Waals surface area contributed by atoms with Gasteiger partial charge >= 0.3 is 5.97 Å². The highest BCUT2D eigenvalue weighted by Crippen LogP contribution is 2.39. The number of esters is 1. The third kappa shape index (κ3) is 3.93. The van der Waals surface area contributed by atoms with Crippen LogP contribution in [0.4, 0.5) is 0 Å². The fourth-order valence-electron chi connectivity index (χ4n) is 2.95. The fraction of sp³-hybridized carbons (Fsp3) is 0.304. The van der Waals surface area contributed by atoms with Crippen molar-refractivity contribution in [2.24, 2.45) is 0 Å². The average Bonchev–Trinajstić information content (AvgIpc) is 2.97. The van der Waals surface area contributed by atoms with Gasteiger partial charge in [-0.15, -0.1) is 0 Å². The minimum Gasteiger partial charge on any atom is -0.481 e. The monoisotopic (exact) mass is 380 g/mol. The second-order valence-corrected chi connectivity index (χ2v) is 7.74. The zero-order chi connectivity index (χ0) is 20.5. The molecule has 0 aromatic heterocycles. The van der Waals surface area contributed by atoms with Crippen molar-refractivity contribution in [2.45, 2.75) is 33.1 Å². The molecule has 28 heavy (non-hydrogen) atoms. The lowest BCUT2D eigenvalue weighted by molar-refractivity contribution is -0.142. The number of benzene rings is 2. The summed E-state index contributed by atoms with van der Waals surface area (Å²) in [7, 11) is 1.30. The van der Waals surface area contributed by atoms with Crippen molar-refractivity contribution < 1.29 is 23.8 Å². The summed E-state index contributed by atoms with van der Waals surface area (Å²) in [6, 6.07) is 11.4. The predicted molar refractivity (Wildman–Crippen MR) is 107 cm³/mol. The maximum atomic E-state index is 12.7. The summed E-state index contributed by atoms with van der Waals surface area (Å²) >= 11 is 0. The van der Waals surface area contributed by atoms with E-state index < -0.39 is 5.97 Å². The fourth-order valence-corrected chi connectivity index (χ4v) is 2.95. The number of carbonyl (C=O) groups is 2. The molecule has 5 heteroatoms. The Bertz CT molecular complexity index is 946. The van der Waals surface area contributed by atoms with E-state index in [4.69, 9.17) is 9.47 Å². The van der Waals surface area contributed by atoms with Crippen LogP contribution in [0.3, 0.4) is 0 Å². The molecule has 0 aliphatic carbocycles. The number of rotatable bonds is 4. The van der Waals surface area contributed by atoms with Gasteiger partial charge in [0.2, 0.25) is 5.78 Å². The Morgan fingerprint density at radius 3 is 2.39 bits per heavy atom. The first kappa shape index (κ1) is 19.7. The van der Waals surface area contributed by atoms with Crippen LogP contribution in [-0.4, -0.2) is 25.5 Å². The molecule has 0 radical (unpaired) electrons. The van der Waals surface area contributed by atoms with Crippen LogP contribution in [0, 0.1) is 6.92 Å². The Morgan fingerprint density at radius 1 is 1.11 bits per heavy atom. The number of fused-ring (bicyclic) bond motifs is 1. The summed E-state index contributed by atoms with van der Waals surface area (Å²) in [6.45, 7) is 8.06. The van der Waals surface area contributed by atoms with E-state index in [9.17, 15) is 9.59 Å². The first-order chi connectivity index (χ1) is 13.2. The molecule has 2 aromatic rings. The molecule has 0 N–H and O–H groups in total. The molecule has 1 aliphatic heterocycles. The summed E-state index contributed by atoms with van der Waals surface area (Å²) in [5.41, 5.74) is 3.34.